The SMILES string of the molecule is COc1ccc(-c2cnc3c(Nc4ccc(C(=O)N5CCN(C(=O)O)CC5)c(C)c4)nccn23)c(F)c1F. The van der Waals surface area contributed by atoms with E-state index in [1.807, 2.05) is 6.92 Å². The van der Waals surface area contributed by atoms with Crippen molar-refractivity contribution in [2.24, 2.45) is 0 Å². The van der Waals surface area contributed by atoms with Crippen LogP contribution in [0.5, 0.6) is 5.75 Å². The number of carbonyl (C=O) groups excluding carboxylic acids is 1. The van der Waals surface area contributed by atoms with Gasteiger partial charge in [0.05, 0.1) is 19.0 Å². The van der Waals surface area contributed by atoms with E-state index >= 15 is 0 Å². The molecule has 5 rings (SSSR count). The fourth-order valence-electron chi connectivity index (χ4n) is 4.48. The summed E-state index contributed by atoms with van der Waals surface area (Å²) in [7, 11) is 1.27. The number of methoxy groups -OCH3 is 1. The number of hydrogen-bond acceptors (Lipinski definition) is 6. The zero-order valence-electron chi connectivity index (χ0n) is 20.6. The molecule has 12 heteroatoms. The molecule has 2 aromatic heterocycles. The Bertz CT molecular complexity index is 1550. The standard InChI is InChI=1S/C26H24F2N6O4/c1-15-13-16(3-4-17(15)25(35)32-9-11-33(12-10-32)26(36)37)31-23-24-30-14-19(34(24)8-7-29-23)18-5-6-20(38-2)22(28)21(18)27/h3-8,13-14H,9-12H2,1-2H3,(H,29,31)(H,36,37). The molecule has 2 N–H and O–H groups in total. The first-order valence-corrected chi connectivity index (χ1v) is 11.8. The molecule has 0 bridgehead atoms. The van der Waals surface area contributed by atoms with Crippen molar-refractivity contribution in [3.8, 4) is 17.0 Å². The van der Waals surface area contributed by atoms with E-state index in [4.69, 9.17) is 9.84 Å². The van der Waals surface area contributed by atoms with E-state index < -0.39 is 17.7 Å². The van der Waals surface area contributed by atoms with Crippen LogP contribution in [-0.4, -0.2) is 74.6 Å². The largest absolute Gasteiger partial charge is 0.494 e. The van der Waals surface area contributed by atoms with Gasteiger partial charge in [-0.25, -0.2) is 19.2 Å². The van der Waals surface area contributed by atoms with E-state index in [9.17, 15) is 18.4 Å². The van der Waals surface area contributed by atoms with Crippen LogP contribution in [0, 0.1) is 18.6 Å². The van der Waals surface area contributed by atoms with Crippen molar-refractivity contribution >= 4 is 29.2 Å². The highest BCUT2D eigenvalue weighted by Crippen LogP contribution is 2.31. The molecular weight excluding hydrogens is 498 g/mol. The number of hydrogen-bond donors (Lipinski definition) is 2. The van der Waals surface area contributed by atoms with E-state index in [0.717, 1.165) is 5.56 Å². The number of benzene rings is 2. The zero-order valence-corrected chi connectivity index (χ0v) is 20.6. The number of carbonyl (C=O) groups is 2. The van der Waals surface area contributed by atoms with Crippen molar-refractivity contribution in [3.63, 3.8) is 0 Å². The number of carboxylic acid groups (broad SMARTS) is 1. The summed E-state index contributed by atoms with van der Waals surface area (Å²) in [5.74, 6) is -2.09. The minimum Gasteiger partial charge on any atom is -0.494 e. The lowest BCUT2D eigenvalue weighted by atomic mass is 10.1. The number of halogens is 2. The van der Waals surface area contributed by atoms with Crippen LogP contribution in [0.25, 0.3) is 16.9 Å². The smallest absolute Gasteiger partial charge is 0.407 e. The quantitative estimate of drug-likeness (QED) is 0.405. The molecule has 3 heterocycles. The third kappa shape index (κ3) is 4.44. The van der Waals surface area contributed by atoms with Crippen LogP contribution in [0.3, 0.4) is 0 Å². The minimum atomic E-state index is -1.08. The second-order valence-corrected chi connectivity index (χ2v) is 8.77. The Morgan fingerprint density at radius 2 is 1.76 bits per heavy atom. The number of piperazine rings is 1. The van der Waals surface area contributed by atoms with Gasteiger partial charge in [0.2, 0.25) is 5.82 Å². The number of aromatic nitrogens is 3. The number of nitrogens with zero attached hydrogens (tertiary/aromatic N) is 5. The molecule has 1 aliphatic rings. The maximum atomic E-state index is 14.7. The van der Waals surface area contributed by atoms with Gasteiger partial charge in [-0.1, -0.05) is 0 Å². The lowest BCUT2D eigenvalue weighted by molar-refractivity contribution is 0.0624. The van der Waals surface area contributed by atoms with E-state index in [1.54, 1.807) is 33.7 Å². The van der Waals surface area contributed by atoms with Crippen LogP contribution < -0.4 is 10.1 Å². The van der Waals surface area contributed by atoms with Crippen molar-refractivity contribution in [2.45, 2.75) is 6.92 Å². The second-order valence-electron chi connectivity index (χ2n) is 8.77. The average Bonchev–Trinajstić information content (AvgIpc) is 3.35. The summed E-state index contributed by atoms with van der Waals surface area (Å²) in [6, 6.07) is 8.02. The monoisotopic (exact) mass is 522 g/mol. The van der Waals surface area contributed by atoms with Gasteiger partial charge in [-0.15, -0.1) is 0 Å². The highest BCUT2D eigenvalue weighted by Gasteiger charge is 2.25. The molecular formula is C26H24F2N6O4. The first-order valence-electron chi connectivity index (χ1n) is 11.8. The molecule has 38 heavy (non-hydrogen) atoms. The number of imidazole rings is 1. The van der Waals surface area contributed by atoms with E-state index in [-0.39, 0.29) is 30.3 Å². The Hall–Kier alpha value is -4.74. The molecule has 0 aliphatic carbocycles. The van der Waals surface area contributed by atoms with Crippen molar-refractivity contribution < 1.29 is 28.2 Å². The molecule has 0 saturated carbocycles. The van der Waals surface area contributed by atoms with Gasteiger partial charge in [-0.05, 0) is 42.8 Å². The Morgan fingerprint density at radius 1 is 1.03 bits per heavy atom. The Kier molecular flexibility index (Phi) is 6.53. The third-order valence-electron chi connectivity index (χ3n) is 6.53. The first kappa shape index (κ1) is 24.9. The number of ether oxygens (including phenoxy) is 1. The van der Waals surface area contributed by atoms with Crippen LogP contribution in [0.1, 0.15) is 15.9 Å². The van der Waals surface area contributed by atoms with E-state index in [0.29, 0.717) is 41.5 Å². The molecule has 1 saturated heterocycles. The maximum absolute atomic E-state index is 14.7. The number of nitrogens with one attached hydrogen (secondary N) is 1. The van der Waals surface area contributed by atoms with Crippen molar-refractivity contribution in [2.75, 3.05) is 38.6 Å². The van der Waals surface area contributed by atoms with Gasteiger partial charge in [-0.2, -0.15) is 4.39 Å². The van der Waals surface area contributed by atoms with Crippen molar-refractivity contribution in [1.82, 2.24) is 24.2 Å². The summed E-state index contributed by atoms with van der Waals surface area (Å²) in [5, 5.41) is 12.3. The molecule has 1 aliphatic heterocycles. The summed E-state index contributed by atoms with van der Waals surface area (Å²) in [6.45, 7) is 3.02. The average molecular weight is 523 g/mol. The summed E-state index contributed by atoms with van der Waals surface area (Å²) in [6.07, 6.45) is 3.56. The lowest BCUT2D eigenvalue weighted by Gasteiger charge is -2.33. The summed E-state index contributed by atoms with van der Waals surface area (Å²) < 4.78 is 35.5. The van der Waals surface area contributed by atoms with Gasteiger partial charge in [0, 0.05) is 55.4 Å². The Morgan fingerprint density at radius 3 is 2.45 bits per heavy atom. The first-order chi connectivity index (χ1) is 18.3. The number of aryl methyl sites for hydroxylation is 1. The van der Waals surface area contributed by atoms with E-state index in [1.165, 1.54) is 36.5 Å². The molecule has 196 valence electrons. The topological polar surface area (TPSA) is 112 Å². The minimum absolute atomic E-state index is 0.0239. The Balaban J connectivity index is 1.38. The molecule has 2 aromatic carbocycles. The highest BCUT2D eigenvalue weighted by molar-refractivity contribution is 5.96. The van der Waals surface area contributed by atoms with Crippen molar-refractivity contribution in [1.29, 1.82) is 0 Å². The van der Waals surface area contributed by atoms with Gasteiger partial charge in [0.15, 0.2) is 23.0 Å². The molecule has 0 atom stereocenters. The molecule has 2 amide bonds. The highest BCUT2D eigenvalue weighted by atomic mass is 19.2. The van der Waals surface area contributed by atoms with Gasteiger partial charge in [0.25, 0.3) is 5.91 Å². The van der Waals surface area contributed by atoms with Crippen LogP contribution in [-0.2, 0) is 0 Å². The molecule has 0 unspecified atom stereocenters. The van der Waals surface area contributed by atoms with Gasteiger partial charge in [0.1, 0.15) is 0 Å². The fourth-order valence-corrected chi connectivity index (χ4v) is 4.48. The summed E-state index contributed by atoms with van der Waals surface area (Å²) in [5.41, 5.74) is 2.66. The summed E-state index contributed by atoms with van der Waals surface area (Å²) >= 11 is 0. The maximum Gasteiger partial charge on any atom is 0.407 e. The predicted octanol–water partition coefficient (Wildman–Crippen LogP) is 4.17. The lowest BCUT2D eigenvalue weighted by Crippen LogP contribution is -2.50. The molecule has 4 aromatic rings. The zero-order chi connectivity index (χ0) is 27.0. The third-order valence-corrected chi connectivity index (χ3v) is 6.53. The molecule has 10 nitrogen and oxygen atoms in total. The number of rotatable bonds is 5. The van der Waals surface area contributed by atoms with Crippen LogP contribution in [0.2, 0.25) is 0 Å². The molecule has 1 fully saturated rings. The number of anilines is 2. The van der Waals surface area contributed by atoms with Gasteiger partial charge in [-0.3, -0.25) is 9.20 Å². The number of fused-ring (bicyclic) bond motifs is 1. The normalized spacial score (nSPS) is 13.6. The van der Waals surface area contributed by atoms with Crippen LogP contribution in [0.15, 0.2) is 48.9 Å². The number of amides is 2. The predicted molar refractivity (Wildman–Crippen MR) is 135 cm³/mol. The molecule has 0 radical (unpaired) electrons. The Labute approximate surface area is 216 Å². The van der Waals surface area contributed by atoms with E-state index in [2.05, 4.69) is 15.3 Å². The van der Waals surface area contributed by atoms with Gasteiger partial charge < -0.3 is 25.0 Å². The molecule has 0 spiro atoms. The van der Waals surface area contributed by atoms with Crippen LogP contribution in [0.4, 0.5) is 25.1 Å². The van der Waals surface area contributed by atoms with Crippen molar-refractivity contribution in [3.05, 3.63) is 71.7 Å². The summed E-state index contributed by atoms with van der Waals surface area (Å²) in [4.78, 5) is 35.8. The van der Waals surface area contributed by atoms with Crippen LogP contribution >= 0.6 is 0 Å². The van der Waals surface area contributed by atoms with Gasteiger partial charge >= 0.3 is 6.09 Å². The fraction of sp³-hybridized carbons (Fsp3) is 0.231. The second kappa shape index (κ2) is 9.96.